The van der Waals surface area contributed by atoms with E-state index in [1.165, 1.54) is 5.56 Å². The van der Waals surface area contributed by atoms with E-state index in [1.807, 2.05) is 6.07 Å². The van der Waals surface area contributed by atoms with Crippen LogP contribution < -0.4 is 5.32 Å². The Bertz CT molecular complexity index is 527. The van der Waals surface area contributed by atoms with E-state index in [-0.39, 0.29) is 6.10 Å². The van der Waals surface area contributed by atoms with Crippen LogP contribution in [-0.2, 0) is 12.8 Å². The number of anilines is 1. The summed E-state index contributed by atoms with van der Waals surface area (Å²) in [6.07, 6.45) is 7.03. The molecule has 0 unspecified atom stereocenters. The van der Waals surface area contributed by atoms with Gasteiger partial charge in [0, 0.05) is 12.2 Å². The molecular formula is C16H21N3O. The smallest absolute Gasteiger partial charge is 0.144 e. The van der Waals surface area contributed by atoms with E-state index in [1.54, 1.807) is 0 Å². The summed E-state index contributed by atoms with van der Waals surface area (Å²) in [6.45, 7) is 0.854. The number of nitrogens with zero attached hydrogens (tertiary/aromatic N) is 2. The lowest BCUT2D eigenvalue weighted by Gasteiger charge is -2.25. The van der Waals surface area contributed by atoms with Gasteiger partial charge in [-0.05, 0) is 62.5 Å². The van der Waals surface area contributed by atoms with Gasteiger partial charge in [0.2, 0.25) is 0 Å². The minimum absolute atomic E-state index is 0.112. The molecule has 1 aromatic rings. The Morgan fingerprint density at radius 2 is 2.10 bits per heavy atom. The number of rotatable bonds is 3. The number of aliphatic hydroxyl groups is 1. The van der Waals surface area contributed by atoms with Gasteiger partial charge in [-0.25, -0.2) is 4.98 Å². The van der Waals surface area contributed by atoms with Crippen molar-refractivity contribution >= 4 is 5.82 Å². The quantitative estimate of drug-likeness (QED) is 0.885. The van der Waals surface area contributed by atoms with Gasteiger partial charge >= 0.3 is 0 Å². The lowest BCUT2D eigenvalue weighted by Crippen LogP contribution is -2.24. The van der Waals surface area contributed by atoms with Crippen LogP contribution in [0.1, 0.15) is 48.9 Å². The minimum atomic E-state index is -0.112. The number of nitriles is 1. The van der Waals surface area contributed by atoms with E-state index >= 15 is 0 Å². The van der Waals surface area contributed by atoms with Crippen molar-refractivity contribution in [3.05, 3.63) is 22.9 Å². The van der Waals surface area contributed by atoms with E-state index in [9.17, 15) is 10.4 Å². The zero-order chi connectivity index (χ0) is 13.9. The standard InChI is InChI=1S/C16H21N3O/c17-9-13-8-12-2-1-3-15(12)19-16(13)18-10-11-4-6-14(20)7-5-11/h8,11,14,20H,1-7,10H2,(H,18,19). The van der Waals surface area contributed by atoms with Crippen molar-refractivity contribution in [2.75, 3.05) is 11.9 Å². The van der Waals surface area contributed by atoms with Crippen LogP contribution in [0.4, 0.5) is 5.82 Å². The van der Waals surface area contributed by atoms with Crippen molar-refractivity contribution in [1.29, 1.82) is 5.26 Å². The molecule has 2 aliphatic carbocycles. The maximum atomic E-state index is 9.52. The molecule has 4 heteroatoms. The first kappa shape index (κ1) is 13.4. The van der Waals surface area contributed by atoms with E-state index in [2.05, 4.69) is 16.4 Å². The third-order valence-electron chi connectivity index (χ3n) is 4.55. The summed E-state index contributed by atoms with van der Waals surface area (Å²) in [5.41, 5.74) is 3.07. The summed E-state index contributed by atoms with van der Waals surface area (Å²) >= 11 is 0. The Hall–Kier alpha value is -1.60. The van der Waals surface area contributed by atoms with Gasteiger partial charge in [-0.3, -0.25) is 0 Å². The SMILES string of the molecule is N#Cc1cc2c(nc1NCC1CCC(O)CC1)CCC2. The van der Waals surface area contributed by atoms with Gasteiger partial charge in [-0.2, -0.15) is 5.26 Å². The molecule has 0 atom stereocenters. The Morgan fingerprint density at radius 3 is 2.85 bits per heavy atom. The predicted octanol–water partition coefficient (Wildman–Crippen LogP) is 2.40. The number of nitrogens with one attached hydrogen (secondary N) is 1. The molecule has 3 rings (SSSR count). The zero-order valence-electron chi connectivity index (χ0n) is 11.7. The lowest BCUT2D eigenvalue weighted by atomic mass is 9.87. The number of hydrogen-bond donors (Lipinski definition) is 2. The van der Waals surface area contributed by atoms with Crippen molar-refractivity contribution in [2.24, 2.45) is 5.92 Å². The molecule has 0 aromatic carbocycles. The number of aryl methyl sites for hydroxylation is 2. The molecule has 2 N–H and O–H groups in total. The van der Waals surface area contributed by atoms with Crippen LogP contribution in [0.2, 0.25) is 0 Å². The average molecular weight is 271 g/mol. The van der Waals surface area contributed by atoms with Crippen LogP contribution in [0.3, 0.4) is 0 Å². The molecule has 1 saturated carbocycles. The lowest BCUT2D eigenvalue weighted by molar-refractivity contribution is 0.111. The molecule has 4 nitrogen and oxygen atoms in total. The number of aliphatic hydroxyl groups excluding tert-OH is 1. The molecule has 0 radical (unpaired) electrons. The Kier molecular flexibility index (Phi) is 3.88. The molecule has 0 saturated heterocycles. The zero-order valence-corrected chi connectivity index (χ0v) is 11.7. The van der Waals surface area contributed by atoms with Gasteiger partial charge in [0.25, 0.3) is 0 Å². The molecule has 2 aliphatic rings. The summed E-state index contributed by atoms with van der Waals surface area (Å²) in [5.74, 6) is 1.33. The maximum Gasteiger partial charge on any atom is 0.144 e. The summed E-state index contributed by atoms with van der Waals surface area (Å²) in [7, 11) is 0. The highest BCUT2D eigenvalue weighted by atomic mass is 16.3. The molecule has 0 bridgehead atoms. The first-order valence-corrected chi connectivity index (χ1v) is 7.61. The molecule has 0 aliphatic heterocycles. The van der Waals surface area contributed by atoms with Gasteiger partial charge < -0.3 is 10.4 Å². The van der Waals surface area contributed by atoms with Crippen molar-refractivity contribution in [3.63, 3.8) is 0 Å². The predicted molar refractivity (Wildman–Crippen MR) is 77.4 cm³/mol. The molecule has 20 heavy (non-hydrogen) atoms. The summed E-state index contributed by atoms with van der Waals surface area (Å²) < 4.78 is 0. The Labute approximate surface area is 119 Å². The number of pyridine rings is 1. The molecular weight excluding hydrogens is 250 g/mol. The Morgan fingerprint density at radius 1 is 1.30 bits per heavy atom. The highest BCUT2D eigenvalue weighted by molar-refractivity contribution is 5.55. The summed E-state index contributed by atoms with van der Waals surface area (Å²) in [5, 5.41) is 22.1. The molecule has 106 valence electrons. The van der Waals surface area contributed by atoms with Gasteiger partial charge in [0.05, 0.1) is 11.7 Å². The minimum Gasteiger partial charge on any atom is -0.393 e. The van der Waals surface area contributed by atoms with E-state index in [0.29, 0.717) is 11.5 Å². The molecule has 1 aromatic heterocycles. The van der Waals surface area contributed by atoms with Crippen molar-refractivity contribution in [1.82, 2.24) is 4.98 Å². The second-order valence-corrected chi connectivity index (χ2v) is 6.01. The second kappa shape index (κ2) is 5.80. The van der Waals surface area contributed by atoms with Crippen LogP contribution >= 0.6 is 0 Å². The first-order chi connectivity index (χ1) is 9.76. The van der Waals surface area contributed by atoms with E-state index in [4.69, 9.17) is 0 Å². The molecule has 0 amide bonds. The molecule has 1 fully saturated rings. The monoisotopic (exact) mass is 271 g/mol. The topological polar surface area (TPSA) is 68.9 Å². The molecule has 0 spiro atoms. The third kappa shape index (κ3) is 2.78. The van der Waals surface area contributed by atoms with Gasteiger partial charge in [-0.1, -0.05) is 0 Å². The summed E-state index contributed by atoms with van der Waals surface area (Å²) in [4.78, 5) is 4.64. The maximum absolute atomic E-state index is 9.52. The fraction of sp³-hybridized carbons (Fsp3) is 0.625. The van der Waals surface area contributed by atoms with Crippen LogP contribution in [-0.4, -0.2) is 22.7 Å². The fourth-order valence-electron chi connectivity index (χ4n) is 3.28. The highest BCUT2D eigenvalue weighted by Gasteiger charge is 2.20. The largest absolute Gasteiger partial charge is 0.393 e. The van der Waals surface area contributed by atoms with E-state index in [0.717, 1.165) is 63.0 Å². The number of aromatic nitrogens is 1. The molecule has 1 heterocycles. The van der Waals surface area contributed by atoms with Crippen molar-refractivity contribution < 1.29 is 5.11 Å². The van der Waals surface area contributed by atoms with Crippen LogP contribution in [0.25, 0.3) is 0 Å². The van der Waals surface area contributed by atoms with Gasteiger partial charge in [0.1, 0.15) is 11.9 Å². The highest BCUT2D eigenvalue weighted by Crippen LogP contribution is 2.27. The number of hydrogen-bond acceptors (Lipinski definition) is 4. The normalized spacial score (nSPS) is 25.0. The number of fused-ring (bicyclic) bond motifs is 1. The van der Waals surface area contributed by atoms with Crippen LogP contribution in [0, 0.1) is 17.2 Å². The fourth-order valence-corrected chi connectivity index (χ4v) is 3.28. The van der Waals surface area contributed by atoms with Crippen LogP contribution in [0.5, 0.6) is 0 Å². The third-order valence-corrected chi connectivity index (χ3v) is 4.55. The average Bonchev–Trinajstić information content (AvgIpc) is 2.92. The Balaban J connectivity index is 1.67. The van der Waals surface area contributed by atoms with Crippen molar-refractivity contribution in [2.45, 2.75) is 51.0 Å². The van der Waals surface area contributed by atoms with Crippen molar-refractivity contribution in [3.8, 4) is 6.07 Å². The first-order valence-electron chi connectivity index (χ1n) is 7.61. The van der Waals surface area contributed by atoms with Crippen LogP contribution in [0.15, 0.2) is 6.07 Å². The van der Waals surface area contributed by atoms with Gasteiger partial charge in [-0.15, -0.1) is 0 Å². The second-order valence-electron chi connectivity index (χ2n) is 6.01. The van der Waals surface area contributed by atoms with E-state index < -0.39 is 0 Å². The summed E-state index contributed by atoms with van der Waals surface area (Å²) in [6, 6.07) is 4.26. The van der Waals surface area contributed by atoms with Gasteiger partial charge in [0.15, 0.2) is 0 Å².